The molecule has 2 aromatic rings. The van der Waals surface area contributed by atoms with E-state index in [0.717, 1.165) is 34.4 Å². The smallest absolute Gasteiger partial charge is 0.348 e. The predicted octanol–water partition coefficient (Wildman–Crippen LogP) is 3.98. The highest BCUT2D eigenvalue weighted by Gasteiger charge is 2.28. The lowest BCUT2D eigenvalue weighted by molar-refractivity contribution is -0.119. The summed E-state index contributed by atoms with van der Waals surface area (Å²) in [5.41, 5.74) is 0.521. The highest BCUT2D eigenvalue weighted by molar-refractivity contribution is 8.02. The first-order valence-electron chi connectivity index (χ1n) is 10.2. The molecule has 13 heteroatoms. The molecule has 2 amide bonds. The van der Waals surface area contributed by atoms with Gasteiger partial charge in [-0.05, 0) is 33.3 Å². The van der Waals surface area contributed by atoms with Gasteiger partial charge in [-0.1, -0.05) is 36.9 Å². The highest BCUT2D eigenvalue weighted by Crippen LogP contribution is 2.36. The van der Waals surface area contributed by atoms with Gasteiger partial charge < -0.3 is 20.1 Å². The van der Waals surface area contributed by atoms with Crippen LogP contribution in [0, 0.1) is 12.8 Å². The molecular formula is C20H26N4O6S3. The van der Waals surface area contributed by atoms with Crippen LogP contribution in [-0.2, 0) is 19.1 Å². The third-order valence-corrected chi connectivity index (χ3v) is 7.34. The van der Waals surface area contributed by atoms with Crippen LogP contribution in [0.4, 0.5) is 10.1 Å². The van der Waals surface area contributed by atoms with Crippen LogP contribution in [0.3, 0.4) is 0 Å². The number of carbonyl (C=O) groups is 4. The Bertz CT molecular complexity index is 1030. The number of thioether (sulfide) groups is 1. The topological polar surface area (TPSA) is 137 Å². The van der Waals surface area contributed by atoms with Gasteiger partial charge in [-0.2, -0.15) is 0 Å². The average Bonchev–Trinajstić information content (AvgIpc) is 3.31. The van der Waals surface area contributed by atoms with Gasteiger partial charge in [0.1, 0.15) is 9.88 Å². The average molecular weight is 515 g/mol. The number of carbonyl (C=O) groups excluding carboxylic acids is 4. The number of thiophene rings is 1. The van der Waals surface area contributed by atoms with Crippen LogP contribution in [0.2, 0.25) is 0 Å². The zero-order chi connectivity index (χ0) is 24.7. The maximum absolute atomic E-state index is 12.8. The number of nitrogens with zero attached hydrogens (tertiary/aromatic N) is 2. The van der Waals surface area contributed by atoms with Gasteiger partial charge in [-0.25, -0.2) is 9.59 Å². The molecule has 0 fully saturated rings. The number of ether oxygens (including phenoxy) is 2. The molecule has 1 unspecified atom stereocenters. The number of hydrogen-bond acceptors (Lipinski definition) is 11. The van der Waals surface area contributed by atoms with Crippen LogP contribution in [0.15, 0.2) is 4.34 Å². The van der Waals surface area contributed by atoms with Crippen molar-refractivity contribution in [1.82, 2.24) is 10.2 Å². The Hall–Kier alpha value is -2.51. The number of amides is 2. The van der Waals surface area contributed by atoms with Crippen molar-refractivity contribution < 1.29 is 28.7 Å². The van der Waals surface area contributed by atoms with Gasteiger partial charge in [0.2, 0.25) is 16.9 Å². The maximum Gasteiger partial charge on any atom is 0.348 e. The van der Waals surface area contributed by atoms with Gasteiger partial charge in [-0.3, -0.25) is 9.59 Å². The monoisotopic (exact) mass is 514 g/mol. The Morgan fingerprint density at radius 1 is 0.939 bits per heavy atom. The fourth-order valence-corrected chi connectivity index (χ4v) is 5.41. The molecule has 0 aliphatic heterocycles. The number of aromatic nitrogens is 2. The van der Waals surface area contributed by atoms with Gasteiger partial charge in [0.15, 0.2) is 4.34 Å². The first-order chi connectivity index (χ1) is 15.6. The summed E-state index contributed by atoms with van der Waals surface area (Å²) in [5, 5.41) is 13.3. The number of rotatable bonds is 10. The van der Waals surface area contributed by atoms with Crippen LogP contribution in [0.1, 0.15) is 60.2 Å². The summed E-state index contributed by atoms with van der Waals surface area (Å²) in [6.07, 6.45) is 0. The Morgan fingerprint density at radius 2 is 1.58 bits per heavy atom. The molecule has 2 aromatic heterocycles. The SMILES string of the molecule is CCOC(=O)c1sc(NC(=O)C(C)Sc2nnc(NC(=O)C(C)C)s2)c(C(=O)OCC)c1C. The van der Waals surface area contributed by atoms with E-state index in [4.69, 9.17) is 9.47 Å². The molecule has 1 atom stereocenters. The first kappa shape index (κ1) is 26.7. The van der Waals surface area contributed by atoms with Crippen molar-refractivity contribution in [3.63, 3.8) is 0 Å². The van der Waals surface area contributed by atoms with E-state index in [1.54, 1.807) is 41.5 Å². The summed E-state index contributed by atoms with van der Waals surface area (Å²) in [6, 6.07) is 0. The van der Waals surface area contributed by atoms with E-state index in [-0.39, 0.29) is 40.5 Å². The van der Waals surface area contributed by atoms with E-state index in [9.17, 15) is 19.2 Å². The summed E-state index contributed by atoms with van der Waals surface area (Å²) in [5.74, 6) is -1.97. The number of hydrogen-bond donors (Lipinski definition) is 2. The standard InChI is InChI=1S/C20H26N4O6S3/c1-7-29-17(27)12-10(5)13(18(28)30-8-2)32-16(12)21-15(26)11(6)31-20-24-23-19(33-20)22-14(25)9(3)4/h9,11H,7-8H2,1-6H3,(H,21,26)(H,22,23,25). The number of nitrogens with one attached hydrogen (secondary N) is 2. The molecular weight excluding hydrogens is 488 g/mol. The molecule has 0 bridgehead atoms. The molecule has 0 spiro atoms. The molecule has 2 N–H and O–H groups in total. The first-order valence-corrected chi connectivity index (χ1v) is 12.7. The Kier molecular flexibility index (Phi) is 9.80. The normalized spacial score (nSPS) is 11.7. The molecule has 10 nitrogen and oxygen atoms in total. The van der Waals surface area contributed by atoms with Gasteiger partial charge in [0.05, 0.1) is 24.0 Å². The minimum Gasteiger partial charge on any atom is -0.462 e. The molecule has 0 aliphatic carbocycles. The quantitative estimate of drug-likeness (QED) is 0.274. The van der Waals surface area contributed by atoms with Crippen LogP contribution >= 0.6 is 34.4 Å². The molecule has 2 heterocycles. The van der Waals surface area contributed by atoms with Gasteiger partial charge in [0, 0.05) is 5.92 Å². The minimum atomic E-state index is -0.632. The largest absolute Gasteiger partial charge is 0.462 e. The van der Waals surface area contributed by atoms with Gasteiger partial charge >= 0.3 is 11.9 Å². The molecule has 0 aliphatic rings. The second-order valence-corrected chi connectivity index (χ2v) is 10.6. The summed E-state index contributed by atoms with van der Waals surface area (Å²) in [6.45, 7) is 10.5. The van der Waals surface area contributed by atoms with Crippen LogP contribution in [0.5, 0.6) is 0 Å². The maximum atomic E-state index is 12.8. The van der Waals surface area contributed by atoms with E-state index in [1.165, 1.54) is 0 Å². The fourth-order valence-electron chi connectivity index (χ4n) is 2.42. The van der Waals surface area contributed by atoms with E-state index >= 15 is 0 Å². The summed E-state index contributed by atoms with van der Waals surface area (Å²) < 4.78 is 10.6. The Labute approximate surface area is 203 Å². The molecule has 0 saturated carbocycles. The van der Waals surface area contributed by atoms with Crippen molar-refractivity contribution in [2.75, 3.05) is 23.8 Å². The lowest BCUT2D eigenvalue weighted by Crippen LogP contribution is -2.23. The van der Waals surface area contributed by atoms with Crippen LogP contribution in [0.25, 0.3) is 0 Å². The number of anilines is 2. The van der Waals surface area contributed by atoms with Crippen molar-refractivity contribution in [3.8, 4) is 0 Å². The third kappa shape index (κ3) is 6.98. The minimum absolute atomic E-state index is 0.130. The Morgan fingerprint density at radius 3 is 2.18 bits per heavy atom. The van der Waals surface area contributed by atoms with Crippen molar-refractivity contribution in [1.29, 1.82) is 0 Å². The third-order valence-electron chi connectivity index (χ3n) is 4.13. The van der Waals surface area contributed by atoms with Gasteiger partial charge in [0.25, 0.3) is 0 Å². The highest BCUT2D eigenvalue weighted by atomic mass is 32.2. The zero-order valence-corrected chi connectivity index (χ0v) is 21.6. The zero-order valence-electron chi connectivity index (χ0n) is 19.1. The van der Waals surface area contributed by atoms with E-state index in [2.05, 4.69) is 20.8 Å². The van der Waals surface area contributed by atoms with Crippen molar-refractivity contribution in [3.05, 3.63) is 16.0 Å². The van der Waals surface area contributed by atoms with Gasteiger partial charge in [-0.15, -0.1) is 21.5 Å². The van der Waals surface area contributed by atoms with Crippen molar-refractivity contribution >= 4 is 68.3 Å². The van der Waals surface area contributed by atoms with Crippen LogP contribution in [-0.4, -0.2) is 52.4 Å². The van der Waals surface area contributed by atoms with E-state index < -0.39 is 23.1 Å². The molecule has 0 saturated heterocycles. The summed E-state index contributed by atoms with van der Waals surface area (Å²) in [7, 11) is 0. The Balaban J connectivity index is 2.17. The molecule has 0 aromatic carbocycles. The molecule has 2 rings (SSSR count). The lowest BCUT2D eigenvalue weighted by Gasteiger charge is -2.10. The van der Waals surface area contributed by atoms with E-state index in [0.29, 0.717) is 15.0 Å². The summed E-state index contributed by atoms with van der Waals surface area (Å²) in [4.78, 5) is 49.6. The molecule has 33 heavy (non-hydrogen) atoms. The van der Waals surface area contributed by atoms with E-state index in [1.807, 2.05) is 0 Å². The molecule has 0 radical (unpaired) electrons. The number of esters is 2. The predicted molar refractivity (Wildman–Crippen MR) is 128 cm³/mol. The van der Waals surface area contributed by atoms with Crippen molar-refractivity contribution in [2.24, 2.45) is 5.92 Å². The van der Waals surface area contributed by atoms with Crippen LogP contribution < -0.4 is 10.6 Å². The fraction of sp³-hybridized carbons (Fsp3) is 0.500. The second-order valence-electron chi connectivity index (χ2n) is 6.97. The lowest BCUT2D eigenvalue weighted by atomic mass is 10.1. The van der Waals surface area contributed by atoms with Crippen molar-refractivity contribution in [2.45, 2.75) is 51.1 Å². The second kappa shape index (κ2) is 12.1. The summed E-state index contributed by atoms with van der Waals surface area (Å²) >= 11 is 3.28. The molecule has 180 valence electrons.